The summed E-state index contributed by atoms with van der Waals surface area (Å²) in [4.78, 5) is 2.74. The molecule has 2 atom stereocenters. The van der Waals surface area contributed by atoms with Crippen LogP contribution in [0.2, 0.25) is 0 Å². The summed E-state index contributed by atoms with van der Waals surface area (Å²) in [7, 11) is 2.00. The fourth-order valence-electron chi connectivity index (χ4n) is 4.01. The summed E-state index contributed by atoms with van der Waals surface area (Å²) in [5.41, 5.74) is 2.79. The molecular formula is C17H25BrN2. The van der Waals surface area contributed by atoms with Gasteiger partial charge in [0.1, 0.15) is 0 Å². The number of rotatable bonds is 4. The summed E-state index contributed by atoms with van der Waals surface area (Å²) < 4.78 is 1.27. The van der Waals surface area contributed by atoms with Crippen molar-refractivity contribution in [2.45, 2.75) is 51.2 Å². The molecule has 0 bridgehead atoms. The molecule has 1 heterocycles. The zero-order chi connectivity index (χ0) is 13.9. The van der Waals surface area contributed by atoms with Gasteiger partial charge in [0.05, 0.1) is 0 Å². The number of likely N-dealkylation sites (tertiary alicyclic amines) is 1. The number of benzene rings is 1. The van der Waals surface area contributed by atoms with Crippen molar-refractivity contribution in [3.8, 4) is 0 Å². The zero-order valence-electron chi connectivity index (χ0n) is 12.4. The minimum atomic E-state index is 0.854. The molecule has 2 unspecified atom stereocenters. The molecule has 1 saturated heterocycles. The molecule has 0 spiro atoms. The quantitative estimate of drug-likeness (QED) is 0.895. The van der Waals surface area contributed by atoms with E-state index in [4.69, 9.17) is 0 Å². The van der Waals surface area contributed by atoms with Gasteiger partial charge >= 0.3 is 0 Å². The molecule has 0 aromatic heterocycles. The van der Waals surface area contributed by atoms with Crippen LogP contribution in [-0.4, -0.2) is 24.5 Å². The van der Waals surface area contributed by atoms with Gasteiger partial charge in [-0.1, -0.05) is 34.5 Å². The Morgan fingerprint density at radius 2 is 2.10 bits per heavy atom. The Bertz CT molecular complexity index is 460. The summed E-state index contributed by atoms with van der Waals surface area (Å²) in [5, 5.41) is 3.21. The van der Waals surface area contributed by atoms with E-state index >= 15 is 0 Å². The maximum Gasteiger partial charge on any atom is 0.0247 e. The van der Waals surface area contributed by atoms with E-state index < -0.39 is 0 Å². The molecule has 20 heavy (non-hydrogen) atoms. The lowest BCUT2D eigenvalue weighted by atomic mass is 9.91. The van der Waals surface area contributed by atoms with Crippen molar-refractivity contribution in [3.05, 3.63) is 33.8 Å². The van der Waals surface area contributed by atoms with E-state index in [-0.39, 0.29) is 0 Å². The molecular weight excluding hydrogens is 312 g/mol. The Balaban J connectivity index is 1.70. The normalized spacial score (nSPS) is 26.7. The van der Waals surface area contributed by atoms with Gasteiger partial charge in [-0.15, -0.1) is 0 Å². The molecule has 0 amide bonds. The van der Waals surface area contributed by atoms with Crippen molar-refractivity contribution in [3.63, 3.8) is 0 Å². The molecule has 1 N–H and O–H groups in total. The lowest BCUT2D eigenvalue weighted by molar-refractivity contribution is 0.105. The topological polar surface area (TPSA) is 15.3 Å². The van der Waals surface area contributed by atoms with Crippen LogP contribution in [0.5, 0.6) is 0 Å². The van der Waals surface area contributed by atoms with Crippen LogP contribution in [0.1, 0.15) is 43.2 Å². The summed E-state index contributed by atoms with van der Waals surface area (Å²) in [6, 6.07) is 7.68. The molecule has 1 aromatic rings. The average Bonchev–Trinajstić information content (AvgIpc) is 2.91. The molecule has 2 nitrogen and oxygen atoms in total. The van der Waals surface area contributed by atoms with E-state index in [1.165, 1.54) is 54.2 Å². The van der Waals surface area contributed by atoms with Gasteiger partial charge in [0.15, 0.2) is 0 Å². The minimum Gasteiger partial charge on any atom is -0.316 e. The van der Waals surface area contributed by atoms with Crippen molar-refractivity contribution in [1.82, 2.24) is 10.2 Å². The lowest BCUT2D eigenvalue weighted by Crippen LogP contribution is -2.41. The molecule has 1 aromatic carbocycles. The molecule has 110 valence electrons. The van der Waals surface area contributed by atoms with Crippen LogP contribution >= 0.6 is 15.9 Å². The number of hydrogen-bond donors (Lipinski definition) is 1. The van der Waals surface area contributed by atoms with Gasteiger partial charge in [0.25, 0.3) is 0 Å². The molecule has 2 fully saturated rings. The van der Waals surface area contributed by atoms with Gasteiger partial charge < -0.3 is 5.32 Å². The Kier molecular flexibility index (Phi) is 4.79. The third-order valence-electron chi connectivity index (χ3n) is 4.98. The highest BCUT2D eigenvalue weighted by Crippen LogP contribution is 2.37. The summed E-state index contributed by atoms with van der Waals surface area (Å²) >= 11 is 3.76. The zero-order valence-corrected chi connectivity index (χ0v) is 14.0. The Morgan fingerprint density at radius 3 is 2.90 bits per heavy atom. The van der Waals surface area contributed by atoms with E-state index in [9.17, 15) is 0 Å². The summed E-state index contributed by atoms with van der Waals surface area (Å²) in [6.45, 7) is 3.33. The third-order valence-corrected chi connectivity index (χ3v) is 5.72. The highest BCUT2D eigenvalue weighted by molar-refractivity contribution is 9.10. The Hall–Kier alpha value is -0.380. The third kappa shape index (κ3) is 3.10. The van der Waals surface area contributed by atoms with E-state index in [1.54, 1.807) is 0 Å². The highest BCUT2D eigenvalue weighted by Gasteiger charge is 2.34. The monoisotopic (exact) mass is 336 g/mol. The highest BCUT2D eigenvalue weighted by atomic mass is 79.9. The molecule has 1 aliphatic carbocycles. The van der Waals surface area contributed by atoms with Gasteiger partial charge in [-0.25, -0.2) is 0 Å². The van der Waals surface area contributed by atoms with Crippen molar-refractivity contribution in [1.29, 1.82) is 0 Å². The van der Waals surface area contributed by atoms with E-state index in [0.717, 1.165) is 25.0 Å². The Morgan fingerprint density at radius 1 is 1.25 bits per heavy atom. The van der Waals surface area contributed by atoms with Crippen LogP contribution in [0.15, 0.2) is 22.7 Å². The van der Waals surface area contributed by atoms with Crippen LogP contribution in [0.3, 0.4) is 0 Å². The molecule has 0 radical (unpaired) electrons. The SMILES string of the molecule is CNCc1ccc(CN2CCCC3CCCC32)c(Br)c1. The van der Waals surface area contributed by atoms with Gasteiger partial charge in [-0.05, 0) is 62.4 Å². The first kappa shape index (κ1) is 14.6. The number of halogens is 1. The van der Waals surface area contributed by atoms with Crippen molar-refractivity contribution in [2.24, 2.45) is 5.92 Å². The van der Waals surface area contributed by atoms with Crippen molar-refractivity contribution < 1.29 is 0 Å². The first-order valence-corrected chi connectivity index (χ1v) is 8.73. The minimum absolute atomic E-state index is 0.854. The van der Waals surface area contributed by atoms with Gasteiger partial charge in [-0.2, -0.15) is 0 Å². The molecule has 1 saturated carbocycles. The summed E-state index contributed by atoms with van der Waals surface area (Å²) in [5.74, 6) is 0.978. The van der Waals surface area contributed by atoms with Crippen LogP contribution < -0.4 is 5.32 Å². The molecule has 1 aliphatic heterocycles. The number of hydrogen-bond acceptors (Lipinski definition) is 2. The predicted octanol–water partition coefficient (Wildman–Crippen LogP) is 3.93. The smallest absolute Gasteiger partial charge is 0.0247 e. The number of nitrogens with one attached hydrogen (secondary N) is 1. The van der Waals surface area contributed by atoms with Crippen LogP contribution in [0.4, 0.5) is 0 Å². The van der Waals surface area contributed by atoms with Gasteiger partial charge in [0.2, 0.25) is 0 Å². The second kappa shape index (κ2) is 6.59. The first-order chi connectivity index (χ1) is 9.78. The van der Waals surface area contributed by atoms with E-state index in [2.05, 4.69) is 44.3 Å². The average molecular weight is 337 g/mol. The fourth-order valence-corrected chi connectivity index (χ4v) is 4.56. The number of fused-ring (bicyclic) bond motifs is 1. The second-order valence-electron chi connectivity index (χ2n) is 6.33. The maximum absolute atomic E-state index is 3.76. The van der Waals surface area contributed by atoms with E-state index in [1.807, 2.05) is 7.05 Å². The largest absolute Gasteiger partial charge is 0.316 e. The van der Waals surface area contributed by atoms with Crippen LogP contribution in [0.25, 0.3) is 0 Å². The van der Waals surface area contributed by atoms with Gasteiger partial charge in [-0.3, -0.25) is 4.90 Å². The maximum atomic E-state index is 3.76. The lowest BCUT2D eigenvalue weighted by Gasteiger charge is -2.38. The van der Waals surface area contributed by atoms with Crippen LogP contribution in [0, 0.1) is 5.92 Å². The van der Waals surface area contributed by atoms with Crippen molar-refractivity contribution >= 4 is 15.9 Å². The second-order valence-corrected chi connectivity index (χ2v) is 7.18. The number of nitrogens with zero attached hydrogens (tertiary/aromatic N) is 1. The van der Waals surface area contributed by atoms with Gasteiger partial charge in [0, 0.05) is 23.6 Å². The predicted molar refractivity (Wildman–Crippen MR) is 87.7 cm³/mol. The molecule has 3 rings (SSSR count). The van der Waals surface area contributed by atoms with E-state index in [0.29, 0.717) is 0 Å². The standard InChI is InChI=1S/C17H25BrN2/c1-19-11-13-7-8-15(16(18)10-13)12-20-9-3-5-14-4-2-6-17(14)20/h7-8,10,14,17,19H,2-6,9,11-12H2,1H3. The summed E-state index contributed by atoms with van der Waals surface area (Å²) in [6.07, 6.45) is 7.16. The number of piperidine rings is 1. The molecule has 3 heteroatoms. The van der Waals surface area contributed by atoms with Crippen molar-refractivity contribution in [2.75, 3.05) is 13.6 Å². The van der Waals surface area contributed by atoms with Crippen LogP contribution in [-0.2, 0) is 13.1 Å². The Labute approximate surface area is 131 Å². The molecule has 2 aliphatic rings. The fraction of sp³-hybridized carbons (Fsp3) is 0.647. The first-order valence-electron chi connectivity index (χ1n) is 7.94.